The SMILES string of the molecule is Cc1cccc(Nc2nc(NCCC[Si]3(O)OC4CCCCC5O[Si]6(CCCN)OC5C(O6)C4O3)nc(Nc3c(C)c(C)c(C)c(Nc4cc(CCC(C)C)c(N)c5c4C(=O)c4ccccc4C5=O)c3C)n2)c1. The third-order valence-corrected chi connectivity index (χ3v) is 20.4. The molecule has 386 valence electrons. The summed E-state index contributed by atoms with van der Waals surface area (Å²) in [6.45, 7) is 15.4. The highest BCUT2D eigenvalue weighted by atomic mass is 28.4. The van der Waals surface area contributed by atoms with Gasteiger partial charge in [0.25, 0.3) is 0 Å². The van der Waals surface area contributed by atoms with Crippen molar-refractivity contribution in [2.24, 2.45) is 11.7 Å². The number of aryl methyl sites for hydroxylation is 2. The van der Waals surface area contributed by atoms with Crippen LogP contribution < -0.4 is 32.7 Å². The van der Waals surface area contributed by atoms with Crippen molar-refractivity contribution in [3.05, 3.63) is 110 Å². The van der Waals surface area contributed by atoms with Gasteiger partial charge in [-0.3, -0.25) is 9.59 Å². The van der Waals surface area contributed by atoms with E-state index in [1.54, 1.807) is 24.3 Å². The number of anilines is 8. The van der Waals surface area contributed by atoms with E-state index >= 15 is 0 Å². The number of benzene rings is 4. The summed E-state index contributed by atoms with van der Waals surface area (Å²) in [4.78, 5) is 55.1. The zero-order chi connectivity index (χ0) is 51.3. The summed E-state index contributed by atoms with van der Waals surface area (Å²) in [6.07, 6.45) is 5.03. The Labute approximate surface area is 429 Å². The maximum atomic E-state index is 14.4. The summed E-state index contributed by atoms with van der Waals surface area (Å²) >= 11 is 0. The number of nitrogens with one attached hydrogen (secondary N) is 4. The smallest absolute Gasteiger partial charge is 0.398 e. The minimum Gasteiger partial charge on any atom is -0.398 e. The molecule has 73 heavy (non-hydrogen) atoms. The van der Waals surface area contributed by atoms with Gasteiger partial charge in [-0.2, -0.15) is 15.0 Å². The molecule has 7 atom stereocenters. The van der Waals surface area contributed by atoms with Crippen LogP contribution in [0.4, 0.5) is 46.3 Å². The third-order valence-electron chi connectivity index (χ3n) is 15.2. The van der Waals surface area contributed by atoms with E-state index in [9.17, 15) is 14.4 Å². The molecule has 4 aromatic carbocycles. The van der Waals surface area contributed by atoms with Crippen molar-refractivity contribution in [3.63, 3.8) is 0 Å². The predicted molar refractivity (Wildman–Crippen MR) is 287 cm³/mol. The van der Waals surface area contributed by atoms with Crippen molar-refractivity contribution in [1.82, 2.24) is 15.0 Å². The number of ketones is 2. The number of carbonyl (C=O) groups excluding carboxylic acids is 2. The van der Waals surface area contributed by atoms with Crippen molar-refractivity contribution in [3.8, 4) is 0 Å². The van der Waals surface area contributed by atoms with Crippen LogP contribution in [0.1, 0.15) is 124 Å². The summed E-state index contributed by atoms with van der Waals surface area (Å²) in [5.41, 5.74) is 22.9. The van der Waals surface area contributed by atoms with Gasteiger partial charge in [0.15, 0.2) is 11.6 Å². The number of rotatable bonds is 17. The number of nitrogens with zero attached hydrogens (tertiary/aromatic N) is 3. The lowest BCUT2D eigenvalue weighted by atomic mass is 9.80. The van der Waals surface area contributed by atoms with Gasteiger partial charge in [-0.25, -0.2) is 0 Å². The Morgan fingerprint density at radius 2 is 1.34 bits per heavy atom. The predicted octanol–water partition coefficient (Wildman–Crippen LogP) is 9.15. The van der Waals surface area contributed by atoms with E-state index in [1.165, 1.54) is 0 Å². The standard InChI is InChI=1S/C54H69N9O8Si2/c1-29(2)21-22-35-28-39(42-43(44(35)56)48(65)38-18-9-8-17-37(38)47(42)64)59-45-32(5)31(4)33(6)46(34(45)7)60-54-62-52(61-53(63-54)58-36-16-12-15-30(3)27-36)57-24-14-25-72(66)67-40-19-10-11-20-41-50-51(49(40)69-72)71-73(68-41,70-50)26-13-23-55/h8-9,12,15-18,27-29,40-41,49-51,59,66H,10-11,13-14,19-26,55-56H2,1-7H3,(H3,57,58,60,61,62,63). The normalized spacial score (nSPS) is 24.9. The summed E-state index contributed by atoms with van der Waals surface area (Å²) in [6, 6.07) is 17.8. The van der Waals surface area contributed by atoms with E-state index in [0.29, 0.717) is 78.3 Å². The number of aromatic nitrogens is 3. The Bertz CT molecular complexity index is 2960. The van der Waals surface area contributed by atoms with E-state index in [-0.39, 0.29) is 53.1 Å². The summed E-state index contributed by atoms with van der Waals surface area (Å²) < 4.78 is 32.6. The van der Waals surface area contributed by atoms with Gasteiger partial charge in [-0.1, -0.05) is 63.1 Å². The first kappa shape index (κ1) is 50.9. The number of hydrogen-bond acceptors (Lipinski definition) is 17. The van der Waals surface area contributed by atoms with Crippen molar-refractivity contribution >= 4 is 75.5 Å². The van der Waals surface area contributed by atoms with Crippen molar-refractivity contribution in [2.75, 3.05) is 40.1 Å². The lowest BCUT2D eigenvalue weighted by Crippen LogP contribution is -2.52. The van der Waals surface area contributed by atoms with Crippen LogP contribution in [0.15, 0.2) is 54.6 Å². The van der Waals surface area contributed by atoms with Crippen molar-refractivity contribution in [1.29, 1.82) is 0 Å². The Balaban J connectivity index is 0.911. The second-order valence-corrected chi connectivity index (χ2v) is 25.8. The molecule has 9 N–H and O–H groups in total. The van der Waals surface area contributed by atoms with Crippen molar-refractivity contribution < 1.29 is 36.5 Å². The zero-order valence-electron chi connectivity index (χ0n) is 42.9. The van der Waals surface area contributed by atoms with E-state index in [4.69, 9.17) is 48.5 Å². The molecule has 3 aliphatic heterocycles. The Morgan fingerprint density at radius 1 is 0.699 bits per heavy atom. The van der Waals surface area contributed by atoms with Gasteiger partial charge >= 0.3 is 17.6 Å². The number of nitrogens with two attached hydrogens (primary N) is 2. The van der Waals surface area contributed by atoms with E-state index in [0.717, 1.165) is 89.0 Å². The summed E-state index contributed by atoms with van der Waals surface area (Å²) in [5.74, 6) is 0.819. The molecule has 0 spiro atoms. The fourth-order valence-electron chi connectivity index (χ4n) is 11.1. The van der Waals surface area contributed by atoms with Gasteiger partial charge in [0.2, 0.25) is 17.8 Å². The molecule has 19 heteroatoms. The molecular weight excluding hydrogens is 959 g/mol. The van der Waals surface area contributed by atoms with Crippen LogP contribution in [0.2, 0.25) is 12.1 Å². The average molecular weight is 1030 g/mol. The average Bonchev–Trinajstić information content (AvgIpc) is 4.04. The number of carbonyl (C=O) groups is 2. The number of hydrogen-bond donors (Lipinski definition) is 7. The molecule has 2 aliphatic carbocycles. The molecule has 10 rings (SSSR count). The van der Waals surface area contributed by atoms with Crippen LogP contribution in [0.25, 0.3) is 0 Å². The Morgan fingerprint density at radius 3 is 2.04 bits per heavy atom. The molecule has 0 radical (unpaired) electrons. The van der Waals surface area contributed by atoms with Crippen molar-refractivity contribution in [2.45, 2.75) is 142 Å². The minimum atomic E-state index is -3.61. The highest BCUT2D eigenvalue weighted by Crippen LogP contribution is 2.48. The van der Waals surface area contributed by atoms with Gasteiger partial charge < -0.3 is 59.7 Å². The summed E-state index contributed by atoms with van der Waals surface area (Å²) in [7, 11) is -6.48. The molecule has 5 aliphatic rings. The lowest BCUT2D eigenvalue weighted by molar-refractivity contribution is -0.0453. The number of nitrogen functional groups attached to an aromatic ring is 1. The lowest BCUT2D eigenvalue weighted by Gasteiger charge is -2.34. The van der Waals surface area contributed by atoms with Crippen LogP contribution in [-0.2, 0) is 28.6 Å². The Kier molecular flexibility index (Phi) is 14.4. The van der Waals surface area contributed by atoms with Gasteiger partial charge in [-0.05, 0) is 137 Å². The molecular formula is C54H69N9O8Si2. The van der Waals surface area contributed by atoms with Gasteiger partial charge in [0.1, 0.15) is 18.3 Å². The maximum Gasteiger partial charge on any atom is 0.502 e. The largest absolute Gasteiger partial charge is 0.502 e. The molecule has 4 fully saturated rings. The fourth-order valence-corrected chi connectivity index (χ4v) is 16.7. The molecule has 0 amide bonds. The Hall–Kier alpha value is -5.62. The molecule has 1 saturated carbocycles. The van der Waals surface area contributed by atoms with E-state index in [2.05, 4.69) is 49.0 Å². The topological polar surface area (TPSA) is 239 Å². The van der Waals surface area contributed by atoms with Gasteiger partial charge in [0.05, 0.1) is 29.0 Å². The summed E-state index contributed by atoms with van der Waals surface area (Å²) in [5, 5.41) is 14.0. The van der Waals surface area contributed by atoms with Crippen LogP contribution >= 0.6 is 0 Å². The molecule has 1 aromatic heterocycles. The second-order valence-electron chi connectivity index (χ2n) is 20.8. The van der Waals surface area contributed by atoms with Crippen LogP contribution in [0.5, 0.6) is 0 Å². The highest BCUT2D eigenvalue weighted by Gasteiger charge is 2.68. The molecule has 3 saturated heterocycles. The third kappa shape index (κ3) is 10.1. The minimum absolute atomic E-state index is 0.0383. The molecule has 7 unspecified atom stereocenters. The second kappa shape index (κ2) is 20.6. The van der Waals surface area contributed by atoms with Gasteiger partial charge in [-0.15, -0.1) is 0 Å². The van der Waals surface area contributed by atoms with Gasteiger partial charge in [0, 0.05) is 52.5 Å². The van der Waals surface area contributed by atoms with E-state index in [1.807, 2.05) is 51.1 Å². The maximum absolute atomic E-state index is 14.4. The highest BCUT2D eigenvalue weighted by molar-refractivity contribution is 6.62. The van der Waals surface area contributed by atoms with Crippen LogP contribution in [0, 0.1) is 40.5 Å². The first-order chi connectivity index (χ1) is 35.0. The fraction of sp³-hybridized carbons (Fsp3) is 0.463. The number of fused-ring (bicyclic) bond motifs is 5. The monoisotopic (exact) mass is 1030 g/mol. The molecule has 4 heterocycles. The molecule has 17 nitrogen and oxygen atoms in total. The quantitative estimate of drug-likeness (QED) is 0.0256. The zero-order valence-corrected chi connectivity index (χ0v) is 44.9. The van der Waals surface area contributed by atoms with Crippen LogP contribution in [-0.4, -0.2) is 92.5 Å². The van der Waals surface area contributed by atoms with E-state index < -0.39 is 23.7 Å². The first-order valence-corrected chi connectivity index (χ1v) is 29.9. The molecule has 5 aromatic rings. The molecule has 2 bridgehead atoms. The van der Waals surface area contributed by atoms with Crippen LogP contribution in [0.3, 0.4) is 0 Å². The first-order valence-electron chi connectivity index (χ1n) is 26.0.